The Morgan fingerprint density at radius 3 is 2.48 bits per heavy atom. The Bertz CT molecular complexity index is 982. The first-order chi connectivity index (χ1) is 12.6. The molecule has 0 saturated heterocycles. The maximum Gasteiger partial charge on any atom is 0.419 e. The largest absolute Gasteiger partial charge is 0.419 e. The first kappa shape index (κ1) is 19.7. The SMILES string of the molecule is Cc1cc(SCc2sc(-c3ccc(C(F)(F)F)c(F)c3)nc2C)ccc1[O]. The Balaban J connectivity index is 1.80. The van der Waals surface area contributed by atoms with Gasteiger partial charge in [-0.3, -0.25) is 5.11 Å². The van der Waals surface area contributed by atoms with Gasteiger partial charge in [-0.25, -0.2) is 9.37 Å². The molecule has 0 N–H and O–H groups in total. The summed E-state index contributed by atoms with van der Waals surface area (Å²) in [6.45, 7) is 3.56. The number of thioether (sulfide) groups is 1. The Hall–Kier alpha value is -2.06. The zero-order valence-electron chi connectivity index (χ0n) is 14.4. The molecule has 1 aromatic heterocycles. The van der Waals surface area contributed by atoms with Crippen molar-refractivity contribution in [3.63, 3.8) is 0 Å². The summed E-state index contributed by atoms with van der Waals surface area (Å²) in [4.78, 5) is 6.26. The normalized spacial score (nSPS) is 11.8. The van der Waals surface area contributed by atoms with Crippen LogP contribution in [0.1, 0.15) is 21.7 Å². The van der Waals surface area contributed by atoms with E-state index in [1.165, 1.54) is 35.2 Å². The standard InChI is InChI=1S/C19H14F4NOS2/c1-10-7-13(4-6-16(10)25)26-9-17-11(2)24-18(27-17)12-3-5-14(15(20)8-12)19(21,22)23/h3-8H,9H2,1-2H3. The first-order valence-corrected chi connectivity index (χ1v) is 9.69. The average molecular weight is 412 g/mol. The third kappa shape index (κ3) is 4.44. The summed E-state index contributed by atoms with van der Waals surface area (Å²) in [5.74, 6) is -0.721. The molecule has 2 aromatic carbocycles. The molecule has 1 heterocycles. The molecule has 0 amide bonds. The molecule has 0 aliphatic carbocycles. The molecule has 2 nitrogen and oxygen atoms in total. The van der Waals surface area contributed by atoms with Gasteiger partial charge in [-0.2, -0.15) is 13.2 Å². The summed E-state index contributed by atoms with van der Waals surface area (Å²) >= 11 is 2.86. The molecule has 3 rings (SSSR count). The lowest BCUT2D eigenvalue weighted by molar-refractivity contribution is -0.139. The van der Waals surface area contributed by atoms with Gasteiger partial charge in [-0.1, -0.05) is 6.07 Å². The lowest BCUT2D eigenvalue weighted by atomic mass is 10.1. The third-order valence-corrected chi connectivity index (χ3v) is 6.34. The quantitative estimate of drug-likeness (QED) is 0.341. The summed E-state index contributed by atoms with van der Waals surface area (Å²) in [6.07, 6.45) is -4.72. The van der Waals surface area contributed by atoms with Crippen LogP contribution in [-0.2, 0) is 17.0 Å². The third-order valence-electron chi connectivity index (χ3n) is 3.93. The van der Waals surface area contributed by atoms with Gasteiger partial charge in [0.25, 0.3) is 0 Å². The van der Waals surface area contributed by atoms with E-state index >= 15 is 0 Å². The van der Waals surface area contributed by atoms with Crippen LogP contribution in [-0.4, -0.2) is 4.98 Å². The maximum absolute atomic E-state index is 13.8. The second-order valence-corrected chi connectivity index (χ2v) is 8.07. The molecule has 0 spiro atoms. The van der Waals surface area contributed by atoms with Crippen molar-refractivity contribution >= 4 is 23.1 Å². The van der Waals surface area contributed by atoms with Crippen LogP contribution in [0, 0.1) is 19.7 Å². The van der Waals surface area contributed by atoms with Crippen LogP contribution < -0.4 is 0 Å². The van der Waals surface area contributed by atoms with E-state index in [0.29, 0.717) is 21.9 Å². The number of aromatic nitrogens is 1. The van der Waals surface area contributed by atoms with E-state index in [9.17, 15) is 22.7 Å². The van der Waals surface area contributed by atoms with Crippen LogP contribution in [0.4, 0.5) is 17.6 Å². The topological polar surface area (TPSA) is 32.8 Å². The minimum atomic E-state index is -4.72. The highest BCUT2D eigenvalue weighted by atomic mass is 32.2. The number of aryl methyl sites for hydroxylation is 2. The summed E-state index contributed by atoms with van der Waals surface area (Å²) in [7, 11) is 0. The van der Waals surface area contributed by atoms with E-state index in [4.69, 9.17) is 0 Å². The Morgan fingerprint density at radius 2 is 1.85 bits per heavy atom. The average Bonchev–Trinajstić information content (AvgIpc) is 2.95. The number of hydrogen-bond acceptors (Lipinski definition) is 3. The molecule has 27 heavy (non-hydrogen) atoms. The van der Waals surface area contributed by atoms with Crippen molar-refractivity contribution < 1.29 is 22.7 Å². The predicted octanol–water partition coefficient (Wildman–Crippen LogP) is 7.02. The van der Waals surface area contributed by atoms with E-state index in [2.05, 4.69) is 4.98 Å². The van der Waals surface area contributed by atoms with Crippen LogP contribution in [0.15, 0.2) is 41.3 Å². The van der Waals surface area contributed by atoms with Crippen molar-refractivity contribution in [2.75, 3.05) is 0 Å². The number of nitrogens with zero attached hydrogens (tertiary/aromatic N) is 1. The monoisotopic (exact) mass is 412 g/mol. The second kappa shape index (κ2) is 7.52. The summed E-state index contributed by atoms with van der Waals surface area (Å²) in [6, 6.07) is 7.93. The van der Waals surface area contributed by atoms with Gasteiger partial charge in [-0.05, 0) is 49.7 Å². The van der Waals surface area contributed by atoms with Gasteiger partial charge < -0.3 is 0 Å². The highest BCUT2D eigenvalue weighted by molar-refractivity contribution is 7.98. The number of alkyl halides is 3. The van der Waals surface area contributed by atoms with Gasteiger partial charge in [0.1, 0.15) is 10.8 Å². The smallest absolute Gasteiger partial charge is 0.290 e. The van der Waals surface area contributed by atoms with Crippen LogP contribution >= 0.6 is 23.1 Å². The van der Waals surface area contributed by atoms with Crippen molar-refractivity contribution in [1.82, 2.24) is 4.98 Å². The van der Waals surface area contributed by atoms with Gasteiger partial charge in [0, 0.05) is 21.1 Å². The van der Waals surface area contributed by atoms with Crippen LogP contribution in [0.2, 0.25) is 0 Å². The van der Waals surface area contributed by atoms with Crippen molar-refractivity contribution in [2.45, 2.75) is 30.7 Å². The van der Waals surface area contributed by atoms with E-state index in [1.54, 1.807) is 13.0 Å². The number of halogens is 4. The lowest BCUT2D eigenvalue weighted by Crippen LogP contribution is -2.07. The molecule has 0 aliphatic rings. The minimum absolute atomic E-state index is 0.0139. The molecule has 0 saturated carbocycles. The fraction of sp³-hybridized carbons (Fsp3) is 0.211. The van der Waals surface area contributed by atoms with E-state index in [-0.39, 0.29) is 5.75 Å². The number of hydrogen-bond donors (Lipinski definition) is 0. The Morgan fingerprint density at radius 1 is 1.11 bits per heavy atom. The van der Waals surface area contributed by atoms with Crippen molar-refractivity contribution in [3.05, 3.63) is 63.9 Å². The van der Waals surface area contributed by atoms with Crippen molar-refractivity contribution in [3.8, 4) is 16.3 Å². The zero-order valence-corrected chi connectivity index (χ0v) is 16.0. The molecule has 0 fully saturated rings. The van der Waals surface area contributed by atoms with Gasteiger partial charge in [0.15, 0.2) is 5.75 Å². The molecule has 141 valence electrons. The van der Waals surface area contributed by atoms with Gasteiger partial charge >= 0.3 is 6.18 Å². The van der Waals surface area contributed by atoms with Gasteiger partial charge in [-0.15, -0.1) is 23.1 Å². The maximum atomic E-state index is 13.8. The summed E-state index contributed by atoms with van der Waals surface area (Å²) in [5, 5.41) is 11.9. The lowest BCUT2D eigenvalue weighted by Gasteiger charge is -2.08. The summed E-state index contributed by atoms with van der Waals surface area (Å²) in [5.41, 5.74) is 0.450. The van der Waals surface area contributed by atoms with Gasteiger partial charge in [0.2, 0.25) is 0 Å². The number of thiazole rings is 1. The predicted molar refractivity (Wildman–Crippen MR) is 98.1 cm³/mol. The summed E-state index contributed by atoms with van der Waals surface area (Å²) < 4.78 is 51.9. The van der Waals surface area contributed by atoms with Crippen molar-refractivity contribution in [2.24, 2.45) is 0 Å². The van der Waals surface area contributed by atoms with E-state index < -0.39 is 17.6 Å². The zero-order chi connectivity index (χ0) is 19.8. The first-order valence-electron chi connectivity index (χ1n) is 7.89. The molecule has 1 radical (unpaired) electrons. The van der Waals surface area contributed by atoms with E-state index in [0.717, 1.165) is 27.6 Å². The van der Waals surface area contributed by atoms with E-state index in [1.807, 2.05) is 13.0 Å². The molecule has 0 aliphatic heterocycles. The second-order valence-electron chi connectivity index (χ2n) is 5.94. The number of benzene rings is 2. The molecule has 0 unspecified atom stereocenters. The molecule has 0 bridgehead atoms. The fourth-order valence-electron chi connectivity index (χ4n) is 2.42. The molecule has 0 atom stereocenters. The minimum Gasteiger partial charge on any atom is -0.290 e. The molecule has 3 aromatic rings. The van der Waals surface area contributed by atoms with Crippen LogP contribution in [0.25, 0.3) is 10.6 Å². The fourth-order valence-corrected chi connectivity index (χ4v) is 4.62. The van der Waals surface area contributed by atoms with Crippen molar-refractivity contribution in [1.29, 1.82) is 0 Å². The Labute approximate surface area is 161 Å². The Kier molecular flexibility index (Phi) is 5.48. The van der Waals surface area contributed by atoms with Crippen LogP contribution in [0.5, 0.6) is 5.75 Å². The highest BCUT2D eigenvalue weighted by Gasteiger charge is 2.34. The highest BCUT2D eigenvalue weighted by Crippen LogP contribution is 2.36. The molecular formula is C19H14F4NOS2. The number of rotatable bonds is 4. The van der Waals surface area contributed by atoms with Crippen LogP contribution in [0.3, 0.4) is 0 Å². The van der Waals surface area contributed by atoms with Gasteiger partial charge in [0.05, 0.1) is 11.3 Å². The molecule has 8 heteroatoms. The molecular weight excluding hydrogens is 398 g/mol.